The molecule has 4 heteroatoms. The lowest BCUT2D eigenvalue weighted by molar-refractivity contribution is 0.240. The molecule has 106 valence electrons. The number of benzene rings is 2. The van der Waals surface area contributed by atoms with Crippen molar-refractivity contribution in [3.63, 3.8) is 0 Å². The van der Waals surface area contributed by atoms with E-state index in [9.17, 15) is 14.6 Å². The smallest absolute Gasteiger partial charge is 0.165 e. The van der Waals surface area contributed by atoms with Crippen LogP contribution in [0.5, 0.6) is 5.75 Å². The maximum absolute atomic E-state index is 13.2. The number of aromatic hydroxyl groups is 1. The Bertz CT molecular complexity index is 545. The molecule has 1 atom stereocenters. The molecule has 0 amide bonds. The number of phenols is 1. The molecule has 0 aromatic heterocycles. The molecule has 0 bridgehead atoms. The predicted octanol–water partition coefficient (Wildman–Crippen LogP) is 2.22. The Labute approximate surface area is 117 Å². The van der Waals surface area contributed by atoms with Crippen LogP contribution in [0.3, 0.4) is 0 Å². The van der Waals surface area contributed by atoms with Gasteiger partial charge in [-0.05, 0) is 18.1 Å². The quantitative estimate of drug-likeness (QED) is 0.757. The number of nitrogens with one attached hydrogen (secondary N) is 1. The molecule has 0 aliphatic carbocycles. The van der Waals surface area contributed by atoms with E-state index >= 15 is 0 Å². The molecule has 0 saturated carbocycles. The van der Waals surface area contributed by atoms with Gasteiger partial charge in [-0.2, -0.15) is 0 Å². The van der Waals surface area contributed by atoms with E-state index < -0.39 is 5.82 Å². The Morgan fingerprint density at radius 1 is 1.05 bits per heavy atom. The number of halogens is 1. The first-order chi connectivity index (χ1) is 9.70. The van der Waals surface area contributed by atoms with E-state index in [1.54, 1.807) is 12.1 Å². The maximum atomic E-state index is 13.2. The van der Waals surface area contributed by atoms with E-state index in [2.05, 4.69) is 5.32 Å². The monoisotopic (exact) mass is 275 g/mol. The molecular formula is C16H18FNO2. The Kier molecular flexibility index (Phi) is 5.09. The number of hydrogen-bond acceptors (Lipinski definition) is 3. The Hall–Kier alpha value is -1.91. The molecule has 0 spiro atoms. The molecule has 2 aromatic carbocycles. The molecular weight excluding hydrogens is 257 g/mol. The minimum absolute atomic E-state index is 0.0228. The van der Waals surface area contributed by atoms with Crippen LogP contribution in [0.2, 0.25) is 0 Å². The van der Waals surface area contributed by atoms with Crippen LogP contribution in [0.15, 0.2) is 48.5 Å². The molecule has 0 aliphatic rings. The molecule has 0 fully saturated rings. The van der Waals surface area contributed by atoms with Crippen molar-refractivity contribution in [2.45, 2.75) is 19.0 Å². The lowest BCUT2D eigenvalue weighted by atomic mass is 10.1. The van der Waals surface area contributed by atoms with Gasteiger partial charge in [0.2, 0.25) is 0 Å². The third-order valence-electron chi connectivity index (χ3n) is 3.20. The Morgan fingerprint density at radius 2 is 1.80 bits per heavy atom. The van der Waals surface area contributed by atoms with Gasteiger partial charge in [-0.1, -0.05) is 42.5 Å². The van der Waals surface area contributed by atoms with Crippen molar-refractivity contribution in [1.29, 1.82) is 0 Å². The second-order valence-corrected chi connectivity index (χ2v) is 4.70. The largest absolute Gasteiger partial charge is 0.505 e. The highest BCUT2D eigenvalue weighted by atomic mass is 19.1. The average Bonchev–Trinajstić information content (AvgIpc) is 2.48. The number of aliphatic hydroxyl groups excluding tert-OH is 1. The van der Waals surface area contributed by atoms with Crippen LogP contribution in [0, 0.1) is 5.82 Å². The van der Waals surface area contributed by atoms with Gasteiger partial charge in [-0.15, -0.1) is 0 Å². The van der Waals surface area contributed by atoms with E-state index in [0.717, 1.165) is 5.56 Å². The highest BCUT2D eigenvalue weighted by Gasteiger charge is 2.11. The number of hydrogen-bond donors (Lipinski definition) is 3. The third-order valence-corrected chi connectivity index (χ3v) is 3.20. The summed E-state index contributed by atoms with van der Waals surface area (Å²) in [4.78, 5) is 0. The van der Waals surface area contributed by atoms with Crippen LogP contribution in [0.1, 0.15) is 11.1 Å². The summed E-state index contributed by atoms with van der Waals surface area (Å²) in [5, 5.41) is 22.1. The van der Waals surface area contributed by atoms with E-state index in [1.807, 2.05) is 30.3 Å². The first-order valence-corrected chi connectivity index (χ1v) is 6.55. The number of rotatable bonds is 6. The minimum Gasteiger partial charge on any atom is -0.505 e. The Balaban J connectivity index is 1.95. The molecule has 3 N–H and O–H groups in total. The van der Waals surface area contributed by atoms with Crippen LogP contribution in [0.4, 0.5) is 4.39 Å². The SMILES string of the molecule is OC[C@H](Cc1ccccc1)NCc1cccc(F)c1O. The summed E-state index contributed by atoms with van der Waals surface area (Å²) in [5.41, 5.74) is 1.60. The fourth-order valence-corrected chi connectivity index (χ4v) is 2.06. The molecule has 2 aromatic rings. The summed E-state index contributed by atoms with van der Waals surface area (Å²) >= 11 is 0. The minimum atomic E-state index is -0.632. The molecule has 3 nitrogen and oxygen atoms in total. The number of aliphatic hydroxyl groups is 1. The zero-order valence-corrected chi connectivity index (χ0v) is 11.1. The van der Waals surface area contributed by atoms with Crippen LogP contribution in [-0.4, -0.2) is 22.9 Å². The second-order valence-electron chi connectivity index (χ2n) is 4.70. The molecule has 0 radical (unpaired) electrons. The molecule has 0 unspecified atom stereocenters. The fourth-order valence-electron chi connectivity index (χ4n) is 2.06. The van der Waals surface area contributed by atoms with E-state index in [0.29, 0.717) is 18.5 Å². The van der Waals surface area contributed by atoms with Gasteiger partial charge in [0, 0.05) is 18.2 Å². The van der Waals surface area contributed by atoms with Gasteiger partial charge < -0.3 is 15.5 Å². The lowest BCUT2D eigenvalue weighted by Gasteiger charge is -2.17. The van der Waals surface area contributed by atoms with E-state index in [4.69, 9.17) is 0 Å². The van der Waals surface area contributed by atoms with Crippen molar-refractivity contribution < 1.29 is 14.6 Å². The van der Waals surface area contributed by atoms with Gasteiger partial charge in [0.15, 0.2) is 11.6 Å². The summed E-state index contributed by atoms with van der Waals surface area (Å²) in [6.07, 6.45) is 0.674. The standard InChI is InChI=1S/C16H18FNO2/c17-15-8-4-7-13(16(15)20)10-18-14(11-19)9-12-5-2-1-3-6-12/h1-8,14,18-20H,9-11H2/t14-/m0/s1. The predicted molar refractivity (Wildman–Crippen MR) is 75.9 cm³/mol. The summed E-state index contributed by atoms with van der Waals surface area (Å²) < 4.78 is 13.2. The first kappa shape index (κ1) is 14.5. The molecule has 0 saturated heterocycles. The summed E-state index contributed by atoms with van der Waals surface area (Å²) in [6.45, 7) is 0.284. The van der Waals surface area contributed by atoms with Crippen molar-refractivity contribution in [3.8, 4) is 5.75 Å². The van der Waals surface area contributed by atoms with Crippen molar-refractivity contribution in [3.05, 3.63) is 65.5 Å². The zero-order valence-electron chi connectivity index (χ0n) is 11.1. The van der Waals surface area contributed by atoms with Crippen molar-refractivity contribution in [2.24, 2.45) is 0 Å². The number of phenolic OH excluding ortho intramolecular Hbond substituents is 1. The van der Waals surface area contributed by atoms with E-state index in [1.165, 1.54) is 6.07 Å². The fraction of sp³-hybridized carbons (Fsp3) is 0.250. The highest BCUT2D eigenvalue weighted by molar-refractivity contribution is 5.33. The zero-order chi connectivity index (χ0) is 14.4. The van der Waals surface area contributed by atoms with Gasteiger partial charge in [0.25, 0.3) is 0 Å². The van der Waals surface area contributed by atoms with Gasteiger partial charge >= 0.3 is 0 Å². The maximum Gasteiger partial charge on any atom is 0.165 e. The summed E-state index contributed by atoms with van der Waals surface area (Å²) in [6, 6.07) is 14.1. The Morgan fingerprint density at radius 3 is 2.50 bits per heavy atom. The van der Waals surface area contributed by atoms with Crippen LogP contribution in [0.25, 0.3) is 0 Å². The first-order valence-electron chi connectivity index (χ1n) is 6.55. The van der Waals surface area contributed by atoms with Crippen molar-refractivity contribution >= 4 is 0 Å². The van der Waals surface area contributed by atoms with Gasteiger partial charge in [0.05, 0.1) is 6.61 Å². The normalized spacial score (nSPS) is 12.3. The lowest BCUT2D eigenvalue weighted by Crippen LogP contribution is -2.34. The third kappa shape index (κ3) is 3.79. The molecule has 20 heavy (non-hydrogen) atoms. The van der Waals surface area contributed by atoms with Gasteiger partial charge in [0.1, 0.15) is 0 Å². The van der Waals surface area contributed by atoms with Crippen LogP contribution < -0.4 is 5.32 Å². The van der Waals surface area contributed by atoms with Gasteiger partial charge in [-0.3, -0.25) is 0 Å². The van der Waals surface area contributed by atoms with Crippen molar-refractivity contribution in [1.82, 2.24) is 5.32 Å². The molecule has 0 aliphatic heterocycles. The second kappa shape index (κ2) is 7.03. The topological polar surface area (TPSA) is 52.5 Å². The van der Waals surface area contributed by atoms with Gasteiger partial charge in [-0.25, -0.2) is 4.39 Å². The van der Waals surface area contributed by atoms with Crippen molar-refractivity contribution in [2.75, 3.05) is 6.61 Å². The summed E-state index contributed by atoms with van der Waals surface area (Å²) in [5.74, 6) is -0.968. The molecule has 2 rings (SSSR count). The van der Waals surface area contributed by atoms with E-state index in [-0.39, 0.29) is 18.4 Å². The average molecular weight is 275 g/mol. The summed E-state index contributed by atoms with van der Waals surface area (Å²) in [7, 11) is 0. The number of para-hydroxylation sites is 1. The van der Waals surface area contributed by atoms with Crippen LogP contribution >= 0.6 is 0 Å². The van der Waals surface area contributed by atoms with Crippen LogP contribution in [-0.2, 0) is 13.0 Å². The highest BCUT2D eigenvalue weighted by Crippen LogP contribution is 2.20. The molecule has 0 heterocycles.